The summed E-state index contributed by atoms with van der Waals surface area (Å²) >= 11 is 6.10. The number of alkyl halides is 3. The number of hydrogen-bond acceptors (Lipinski definition) is 5. The number of sulfonamides is 1. The lowest BCUT2D eigenvalue weighted by Crippen LogP contribution is -2.29. The average molecular weight is 446 g/mol. The maximum absolute atomic E-state index is 12.5. The molecule has 12 heteroatoms. The van der Waals surface area contributed by atoms with Crippen LogP contribution in [0.3, 0.4) is 0 Å². The van der Waals surface area contributed by atoms with Crippen molar-refractivity contribution in [2.45, 2.75) is 25.3 Å². The molecule has 0 bridgehead atoms. The Morgan fingerprint density at radius 3 is 2.62 bits per heavy atom. The maximum atomic E-state index is 12.5. The predicted molar refractivity (Wildman–Crippen MR) is 102 cm³/mol. The van der Waals surface area contributed by atoms with E-state index < -0.39 is 21.2 Å². The third-order valence-electron chi connectivity index (χ3n) is 3.82. The molecule has 0 fully saturated rings. The van der Waals surface area contributed by atoms with Gasteiger partial charge < -0.3 is 0 Å². The first-order valence-corrected chi connectivity index (χ1v) is 10.2. The number of anilines is 1. The molecule has 0 aliphatic rings. The first-order valence-electron chi connectivity index (χ1n) is 8.35. The number of hydrogen-bond donors (Lipinski definition) is 1. The van der Waals surface area contributed by atoms with Gasteiger partial charge in [-0.25, -0.2) is 4.68 Å². The highest BCUT2D eigenvalue weighted by atomic mass is 35.5. The Morgan fingerprint density at radius 1 is 1.21 bits per heavy atom. The largest absolute Gasteiger partial charge is 0.516 e. The molecule has 0 radical (unpaired) electrons. The van der Waals surface area contributed by atoms with E-state index in [1.807, 2.05) is 13.0 Å². The minimum absolute atomic E-state index is 0.0340. The molecule has 3 heterocycles. The molecule has 0 spiro atoms. The third-order valence-corrected chi connectivity index (χ3v) is 5.23. The molecule has 0 unspecified atom stereocenters. The first kappa shape index (κ1) is 21.1. The molecule has 1 N–H and O–H groups in total. The number of rotatable bonds is 6. The van der Waals surface area contributed by atoms with Crippen LogP contribution in [0.25, 0.3) is 16.9 Å². The minimum atomic E-state index is -5.56. The standard InChI is InChI=1S/C17H15ClF3N5O2S/c1-2-3-12-6-14(4-5-22-12)26-10-11(8-24-26)16-15(18)7-13(9-23-16)25-29(27,28)17(19,20)21/h4-10,25H,2-3H2,1H3. The molecule has 154 valence electrons. The Kier molecular flexibility index (Phi) is 5.80. The number of aromatic nitrogens is 4. The fourth-order valence-corrected chi connectivity index (χ4v) is 3.32. The van der Waals surface area contributed by atoms with Gasteiger partial charge in [0.25, 0.3) is 0 Å². The van der Waals surface area contributed by atoms with Crippen molar-refractivity contribution in [3.8, 4) is 16.9 Å². The van der Waals surface area contributed by atoms with Gasteiger partial charge in [0.2, 0.25) is 0 Å². The van der Waals surface area contributed by atoms with Gasteiger partial charge in [-0.3, -0.25) is 14.7 Å². The Bertz CT molecular complexity index is 1130. The van der Waals surface area contributed by atoms with Gasteiger partial charge in [-0.05, 0) is 24.6 Å². The first-order chi connectivity index (χ1) is 13.6. The minimum Gasteiger partial charge on any atom is -0.274 e. The third kappa shape index (κ3) is 4.67. The number of nitrogens with one attached hydrogen (secondary N) is 1. The van der Waals surface area contributed by atoms with Crippen LogP contribution in [-0.4, -0.2) is 33.7 Å². The van der Waals surface area contributed by atoms with Gasteiger partial charge in [0.15, 0.2) is 0 Å². The van der Waals surface area contributed by atoms with E-state index >= 15 is 0 Å². The molecule has 0 amide bonds. The number of pyridine rings is 2. The van der Waals surface area contributed by atoms with Crippen LogP contribution in [-0.2, 0) is 16.4 Å². The lowest BCUT2D eigenvalue weighted by Gasteiger charge is -2.11. The zero-order chi connectivity index (χ0) is 21.2. The van der Waals surface area contributed by atoms with E-state index in [1.165, 1.54) is 10.9 Å². The van der Waals surface area contributed by atoms with Crippen LogP contribution < -0.4 is 4.72 Å². The van der Waals surface area contributed by atoms with Crippen LogP contribution in [0, 0.1) is 0 Å². The van der Waals surface area contributed by atoms with E-state index in [2.05, 4.69) is 15.1 Å². The Hall–Kier alpha value is -2.66. The van der Waals surface area contributed by atoms with Crippen molar-refractivity contribution in [2.24, 2.45) is 0 Å². The second-order valence-corrected chi connectivity index (χ2v) is 8.12. The summed E-state index contributed by atoms with van der Waals surface area (Å²) < 4.78 is 62.8. The molecule has 29 heavy (non-hydrogen) atoms. The monoisotopic (exact) mass is 445 g/mol. The van der Waals surface area contributed by atoms with Gasteiger partial charge in [0.1, 0.15) is 0 Å². The maximum Gasteiger partial charge on any atom is 0.516 e. The summed E-state index contributed by atoms with van der Waals surface area (Å²) in [6, 6.07) is 4.72. The van der Waals surface area contributed by atoms with Crippen molar-refractivity contribution in [1.82, 2.24) is 19.7 Å². The number of aryl methyl sites for hydroxylation is 1. The molecule has 7 nitrogen and oxygen atoms in total. The highest BCUT2D eigenvalue weighted by molar-refractivity contribution is 7.93. The molecule has 0 saturated carbocycles. The second kappa shape index (κ2) is 7.99. The summed E-state index contributed by atoms with van der Waals surface area (Å²) in [5.74, 6) is 0. The van der Waals surface area contributed by atoms with Crippen molar-refractivity contribution in [3.05, 3.63) is 53.7 Å². The van der Waals surface area contributed by atoms with Crippen molar-refractivity contribution >= 4 is 27.3 Å². The fraction of sp³-hybridized carbons (Fsp3) is 0.235. The van der Waals surface area contributed by atoms with Crippen molar-refractivity contribution in [3.63, 3.8) is 0 Å². The van der Waals surface area contributed by atoms with Crippen LogP contribution in [0.5, 0.6) is 0 Å². The van der Waals surface area contributed by atoms with Crippen LogP contribution >= 0.6 is 11.6 Å². The van der Waals surface area contributed by atoms with E-state index in [9.17, 15) is 21.6 Å². The Balaban J connectivity index is 1.86. The van der Waals surface area contributed by atoms with Crippen LogP contribution in [0.15, 0.2) is 43.0 Å². The summed E-state index contributed by atoms with van der Waals surface area (Å²) in [5.41, 5.74) is -3.40. The molecule has 3 aromatic rings. The van der Waals surface area contributed by atoms with E-state index in [0.717, 1.165) is 36.5 Å². The smallest absolute Gasteiger partial charge is 0.274 e. The molecule has 0 aliphatic carbocycles. The van der Waals surface area contributed by atoms with Crippen LogP contribution in [0.2, 0.25) is 5.02 Å². The molecule has 3 aromatic heterocycles. The molecular weight excluding hydrogens is 431 g/mol. The summed E-state index contributed by atoms with van der Waals surface area (Å²) in [6.45, 7) is 2.05. The molecule has 0 atom stereocenters. The lowest BCUT2D eigenvalue weighted by molar-refractivity contribution is -0.0429. The highest BCUT2D eigenvalue weighted by Gasteiger charge is 2.46. The second-order valence-electron chi connectivity index (χ2n) is 6.03. The van der Waals surface area contributed by atoms with E-state index in [1.54, 1.807) is 23.1 Å². The zero-order valence-corrected chi connectivity index (χ0v) is 16.6. The lowest BCUT2D eigenvalue weighted by atomic mass is 10.2. The molecule has 0 aliphatic heterocycles. The highest BCUT2D eigenvalue weighted by Crippen LogP contribution is 2.30. The van der Waals surface area contributed by atoms with Gasteiger partial charge in [-0.1, -0.05) is 24.9 Å². The molecular formula is C17H15ClF3N5O2S. The number of halogens is 4. The molecule has 3 rings (SSSR count). The normalized spacial score (nSPS) is 12.2. The summed E-state index contributed by atoms with van der Waals surface area (Å²) in [7, 11) is -5.56. The van der Waals surface area contributed by atoms with Gasteiger partial charge in [-0.15, -0.1) is 0 Å². The van der Waals surface area contributed by atoms with Crippen LogP contribution in [0.1, 0.15) is 19.0 Å². The van der Waals surface area contributed by atoms with Gasteiger partial charge in [0, 0.05) is 23.7 Å². The zero-order valence-electron chi connectivity index (χ0n) is 15.0. The number of nitrogens with zero attached hydrogens (tertiary/aromatic N) is 4. The predicted octanol–water partition coefficient (Wildman–Crippen LogP) is 4.20. The van der Waals surface area contributed by atoms with Crippen molar-refractivity contribution in [2.75, 3.05) is 4.72 Å². The van der Waals surface area contributed by atoms with Gasteiger partial charge in [0.05, 0.1) is 34.5 Å². The Labute approximate surface area is 169 Å². The van der Waals surface area contributed by atoms with E-state index in [-0.39, 0.29) is 10.7 Å². The molecule has 0 saturated heterocycles. The summed E-state index contributed by atoms with van der Waals surface area (Å²) in [6.07, 6.45) is 7.55. The van der Waals surface area contributed by atoms with E-state index in [0.29, 0.717) is 5.56 Å². The van der Waals surface area contributed by atoms with Gasteiger partial charge in [-0.2, -0.15) is 26.7 Å². The Morgan fingerprint density at radius 2 is 1.97 bits per heavy atom. The average Bonchev–Trinajstić information content (AvgIpc) is 3.11. The van der Waals surface area contributed by atoms with E-state index in [4.69, 9.17) is 11.6 Å². The van der Waals surface area contributed by atoms with Crippen LogP contribution in [0.4, 0.5) is 18.9 Å². The topological polar surface area (TPSA) is 89.8 Å². The van der Waals surface area contributed by atoms with Crippen molar-refractivity contribution < 1.29 is 21.6 Å². The summed E-state index contributed by atoms with van der Waals surface area (Å²) in [5, 5.41) is 4.22. The van der Waals surface area contributed by atoms with Gasteiger partial charge >= 0.3 is 15.5 Å². The fourth-order valence-electron chi connectivity index (χ4n) is 2.51. The summed E-state index contributed by atoms with van der Waals surface area (Å²) in [4.78, 5) is 8.26. The van der Waals surface area contributed by atoms with Crippen molar-refractivity contribution in [1.29, 1.82) is 0 Å². The quantitative estimate of drug-likeness (QED) is 0.614. The molecule has 0 aromatic carbocycles. The SMILES string of the molecule is CCCc1cc(-n2cc(-c3ncc(NS(=O)(=O)C(F)(F)F)cc3Cl)cn2)ccn1.